The molecule has 3 aromatic heterocycles. The van der Waals surface area contributed by atoms with Crippen LogP contribution in [0.1, 0.15) is 32.1 Å². The molecule has 0 radical (unpaired) electrons. The van der Waals surface area contributed by atoms with Gasteiger partial charge >= 0.3 is 0 Å². The SMILES string of the molecule is Cn1nnc2ccc(-c3c[nH]c4nc(NCC5(F)CCCCC5)ncc34)cc21. The van der Waals surface area contributed by atoms with E-state index < -0.39 is 5.67 Å². The van der Waals surface area contributed by atoms with Gasteiger partial charge < -0.3 is 10.3 Å². The molecule has 144 valence electrons. The molecular weight excluding hydrogens is 357 g/mol. The maximum atomic E-state index is 14.8. The Morgan fingerprint density at radius 3 is 2.96 bits per heavy atom. The topological polar surface area (TPSA) is 84.3 Å². The van der Waals surface area contributed by atoms with Gasteiger partial charge in [0.2, 0.25) is 5.95 Å². The number of nitrogens with one attached hydrogen (secondary N) is 2. The van der Waals surface area contributed by atoms with Gasteiger partial charge in [-0.25, -0.2) is 14.1 Å². The van der Waals surface area contributed by atoms with Crippen molar-refractivity contribution >= 4 is 28.0 Å². The number of alkyl halides is 1. The van der Waals surface area contributed by atoms with Gasteiger partial charge in [0.05, 0.1) is 12.1 Å². The van der Waals surface area contributed by atoms with Gasteiger partial charge in [-0.15, -0.1) is 5.10 Å². The van der Waals surface area contributed by atoms with Gasteiger partial charge in [0.25, 0.3) is 0 Å². The van der Waals surface area contributed by atoms with Crippen LogP contribution in [0, 0.1) is 0 Å². The molecule has 0 spiro atoms. The van der Waals surface area contributed by atoms with Crippen LogP contribution in [0.25, 0.3) is 33.2 Å². The monoisotopic (exact) mass is 379 g/mol. The molecule has 2 N–H and O–H groups in total. The number of aryl methyl sites for hydroxylation is 1. The standard InChI is InChI=1S/C20H22FN7/c1-28-17-9-13(5-6-16(17)26-27-28)14-10-22-18-15(14)11-23-19(25-18)24-12-20(21)7-3-2-4-8-20/h5-6,9-11H,2-4,7-8,12H2,1H3,(H2,22,23,24,25). The van der Waals surface area contributed by atoms with Crippen LogP contribution in [-0.2, 0) is 7.05 Å². The molecule has 0 amide bonds. The van der Waals surface area contributed by atoms with Gasteiger partial charge in [-0.2, -0.15) is 4.98 Å². The molecule has 1 aliphatic rings. The Morgan fingerprint density at radius 1 is 1.25 bits per heavy atom. The van der Waals surface area contributed by atoms with E-state index in [-0.39, 0.29) is 6.54 Å². The summed E-state index contributed by atoms with van der Waals surface area (Å²) in [7, 11) is 1.87. The summed E-state index contributed by atoms with van der Waals surface area (Å²) in [5.41, 5.74) is 3.46. The van der Waals surface area contributed by atoms with Gasteiger partial charge in [0.1, 0.15) is 16.8 Å². The molecule has 1 aromatic carbocycles. The summed E-state index contributed by atoms with van der Waals surface area (Å²) in [5.74, 6) is 0.454. The number of aromatic amines is 1. The van der Waals surface area contributed by atoms with Crippen molar-refractivity contribution in [2.45, 2.75) is 37.8 Å². The minimum absolute atomic E-state index is 0.260. The third-order valence-corrected chi connectivity index (χ3v) is 5.67. The highest BCUT2D eigenvalue weighted by Gasteiger charge is 2.31. The van der Waals surface area contributed by atoms with Crippen LogP contribution in [0.3, 0.4) is 0 Å². The molecule has 3 heterocycles. The average Bonchev–Trinajstić information content (AvgIpc) is 3.30. The number of hydrogen-bond donors (Lipinski definition) is 2. The normalized spacial score (nSPS) is 16.6. The van der Waals surface area contributed by atoms with Crippen LogP contribution in [0.15, 0.2) is 30.6 Å². The Kier molecular flexibility index (Phi) is 3.99. The van der Waals surface area contributed by atoms with Crippen molar-refractivity contribution in [3.63, 3.8) is 0 Å². The van der Waals surface area contributed by atoms with Crippen molar-refractivity contribution in [2.24, 2.45) is 7.05 Å². The number of anilines is 1. The van der Waals surface area contributed by atoms with E-state index in [0.717, 1.165) is 52.5 Å². The molecule has 28 heavy (non-hydrogen) atoms. The minimum Gasteiger partial charge on any atom is -0.351 e. The average molecular weight is 379 g/mol. The first kappa shape index (κ1) is 17.1. The molecular formula is C20H22FN7. The number of hydrogen-bond acceptors (Lipinski definition) is 5. The lowest BCUT2D eigenvalue weighted by atomic mass is 9.86. The Balaban J connectivity index is 1.42. The first-order valence-corrected chi connectivity index (χ1v) is 9.68. The number of rotatable bonds is 4. The molecule has 7 nitrogen and oxygen atoms in total. The second-order valence-corrected chi connectivity index (χ2v) is 7.64. The van der Waals surface area contributed by atoms with Crippen LogP contribution in [0.4, 0.5) is 10.3 Å². The van der Waals surface area contributed by atoms with Crippen molar-refractivity contribution < 1.29 is 4.39 Å². The van der Waals surface area contributed by atoms with E-state index >= 15 is 0 Å². The fourth-order valence-corrected chi connectivity index (χ4v) is 4.03. The van der Waals surface area contributed by atoms with Crippen molar-refractivity contribution in [3.8, 4) is 11.1 Å². The van der Waals surface area contributed by atoms with Crippen LogP contribution in [0.2, 0.25) is 0 Å². The maximum Gasteiger partial charge on any atom is 0.224 e. The molecule has 0 unspecified atom stereocenters. The van der Waals surface area contributed by atoms with Crippen LogP contribution < -0.4 is 5.32 Å². The lowest BCUT2D eigenvalue weighted by Gasteiger charge is -2.29. The summed E-state index contributed by atoms with van der Waals surface area (Å²) >= 11 is 0. The summed E-state index contributed by atoms with van der Waals surface area (Å²) in [5, 5.41) is 12.2. The number of H-pyrrole nitrogens is 1. The number of nitrogens with zero attached hydrogens (tertiary/aromatic N) is 5. The Bertz CT molecular complexity index is 1140. The van der Waals surface area contributed by atoms with Gasteiger partial charge in [0, 0.05) is 30.4 Å². The van der Waals surface area contributed by atoms with Crippen molar-refractivity contribution in [3.05, 3.63) is 30.6 Å². The Morgan fingerprint density at radius 2 is 2.11 bits per heavy atom. The predicted molar refractivity (Wildman–Crippen MR) is 107 cm³/mol. The van der Waals surface area contributed by atoms with Crippen LogP contribution >= 0.6 is 0 Å². The number of halogens is 1. The molecule has 1 fully saturated rings. The fraction of sp³-hybridized carbons (Fsp3) is 0.400. The number of aromatic nitrogens is 6. The van der Waals surface area contributed by atoms with Crippen molar-refractivity contribution in [1.82, 2.24) is 29.9 Å². The van der Waals surface area contributed by atoms with Gasteiger partial charge in [-0.1, -0.05) is 30.5 Å². The molecule has 1 aliphatic carbocycles. The lowest BCUT2D eigenvalue weighted by molar-refractivity contribution is 0.122. The molecule has 4 aromatic rings. The summed E-state index contributed by atoms with van der Waals surface area (Å²) in [4.78, 5) is 12.2. The number of benzene rings is 1. The zero-order chi connectivity index (χ0) is 19.1. The molecule has 5 rings (SSSR count). The second kappa shape index (κ2) is 6.54. The Hall–Kier alpha value is -3.03. The second-order valence-electron chi connectivity index (χ2n) is 7.64. The molecule has 1 saturated carbocycles. The van der Waals surface area contributed by atoms with Gasteiger partial charge in [-0.3, -0.25) is 0 Å². The zero-order valence-corrected chi connectivity index (χ0v) is 15.7. The van der Waals surface area contributed by atoms with E-state index in [1.807, 2.05) is 25.4 Å². The fourth-order valence-electron chi connectivity index (χ4n) is 4.03. The van der Waals surface area contributed by atoms with E-state index in [2.05, 4.69) is 36.6 Å². The summed E-state index contributed by atoms with van der Waals surface area (Å²) in [6.45, 7) is 0.260. The molecule has 0 atom stereocenters. The smallest absolute Gasteiger partial charge is 0.224 e. The largest absolute Gasteiger partial charge is 0.351 e. The van der Waals surface area contributed by atoms with E-state index in [4.69, 9.17) is 0 Å². The molecule has 0 aliphatic heterocycles. The van der Waals surface area contributed by atoms with Gasteiger partial charge in [0.15, 0.2) is 0 Å². The van der Waals surface area contributed by atoms with Crippen molar-refractivity contribution in [2.75, 3.05) is 11.9 Å². The van der Waals surface area contributed by atoms with E-state index in [9.17, 15) is 4.39 Å². The van der Waals surface area contributed by atoms with E-state index in [0.29, 0.717) is 18.8 Å². The van der Waals surface area contributed by atoms with Crippen LogP contribution in [-0.4, -0.2) is 42.2 Å². The highest BCUT2D eigenvalue weighted by molar-refractivity contribution is 5.95. The third-order valence-electron chi connectivity index (χ3n) is 5.67. The van der Waals surface area contributed by atoms with E-state index in [1.54, 1.807) is 10.9 Å². The summed E-state index contributed by atoms with van der Waals surface area (Å²) in [6.07, 6.45) is 7.96. The molecule has 8 heteroatoms. The third kappa shape index (κ3) is 2.98. The number of fused-ring (bicyclic) bond motifs is 2. The lowest BCUT2D eigenvalue weighted by Crippen LogP contribution is -2.34. The predicted octanol–water partition coefficient (Wildman–Crippen LogP) is 3.99. The first-order valence-electron chi connectivity index (χ1n) is 9.68. The van der Waals surface area contributed by atoms with Gasteiger partial charge in [-0.05, 0) is 30.5 Å². The quantitative estimate of drug-likeness (QED) is 0.560. The Labute approximate surface area is 161 Å². The van der Waals surface area contributed by atoms with Crippen molar-refractivity contribution in [1.29, 1.82) is 0 Å². The highest BCUT2D eigenvalue weighted by Crippen LogP contribution is 2.32. The summed E-state index contributed by atoms with van der Waals surface area (Å²) < 4.78 is 16.5. The summed E-state index contributed by atoms with van der Waals surface area (Å²) in [6, 6.07) is 6.03. The van der Waals surface area contributed by atoms with E-state index in [1.165, 1.54) is 0 Å². The molecule has 0 saturated heterocycles. The first-order chi connectivity index (χ1) is 13.6. The molecule has 0 bridgehead atoms. The highest BCUT2D eigenvalue weighted by atomic mass is 19.1. The zero-order valence-electron chi connectivity index (χ0n) is 15.7. The minimum atomic E-state index is -1.15. The maximum absolute atomic E-state index is 14.8. The van der Waals surface area contributed by atoms with Crippen LogP contribution in [0.5, 0.6) is 0 Å².